The van der Waals surface area contributed by atoms with Crippen LogP contribution in [0.4, 0.5) is 9.18 Å². The maximum Gasteiger partial charge on any atom is 0.315 e. The number of amides is 4. The number of urea groups is 1. The predicted octanol–water partition coefficient (Wildman–Crippen LogP) is 1.92. The number of benzene rings is 2. The summed E-state index contributed by atoms with van der Waals surface area (Å²) in [5.41, 5.74) is 1.53. The third kappa shape index (κ3) is 3.65. The van der Waals surface area contributed by atoms with Crippen molar-refractivity contribution in [1.29, 1.82) is 0 Å². The molecule has 0 fully saturated rings. The van der Waals surface area contributed by atoms with Gasteiger partial charge in [-0.2, -0.15) is 0 Å². The molecule has 0 unspecified atom stereocenters. The Hall–Kier alpha value is -3.22. The fraction of sp³-hybridized carbons (Fsp3) is 0.167. The summed E-state index contributed by atoms with van der Waals surface area (Å²) in [5, 5.41) is 5.21. The normalized spacial score (nSPS) is 12.9. The lowest BCUT2D eigenvalue weighted by atomic mass is 10.1. The summed E-state index contributed by atoms with van der Waals surface area (Å²) >= 11 is 0. The van der Waals surface area contributed by atoms with E-state index >= 15 is 0 Å². The third-order valence-electron chi connectivity index (χ3n) is 3.87. The van der Waals surface area contributed by atoms with Gasteiger partial charge in [0.15, 0.2) is 0 Å². The Bertz CT molecular complexity index is 786. The number of carbonyl (C=O) groups excluding carboxylic acids is 3. The molecule has 2 aromatic rings. The molecule has 0 saturated carbocycles. The van der Waals surface area contributed by atoms with Gasteiger partial charge in [0, 0.05) is 19.6 Å². The van der Waals surface area contributed by atoms with Crippen LogP contribution in [0.2, 0.25) is 0 Å². The lowest BCUT2D eigenvalue weighted by molar-refractivity contribution is 0.0656. The Morgan fingerprint density at radius 1 is 0.920 bits per heavy atom. The number of hydrogen-bond donors (Lipinski definition) is 2. The summed E-state index contributed by atoms with van der Waals surface area (Å²) in [4.78, 5) is 37.2. The minimum Gasteiger partial charge on any atom is -0.336 e. The third-order valence-corrected chi connectivity index (χ3v) is 3.87. The van der Waals surface area contributed by atoms with Gasteiger partial charge < -0.3 is 10.6 Å². The largest absolute Gasteiger partial charge is 0.336 e. The zero-order valence-corrected chi connectivity index (χ0v) is 13.3. The Morgan fingerprint density at radius 3 is 2.12 bits per heavy atom. The first-order valence-corrected chi connectivity index (χ1v) is 7.77. The van der Waals surface area contributed by atoms with E-state index in [4.69, 9.17) is 0 Å². The van der Waals surface area contributed by atoms with E-state index < -0.39 is 6.03 Å². The van der Waals surface area contributed by atoms with Gasteiger partial charge in [0.2, 0.25) is 0 Å². The van der Waals surface area contributed by atoms with Crippen molar-refractivity contribution >= 4 is 17.8 Å². The molecule has 128 valence electrons. The molecule has 0 bridgehead atoms. The number of rotatable bonds is 5. The summed E-state index contributed by atoms with van der Waals surface area (Å²) in [5.74, 6) is -1.04. The molecule has 6 nitrogen and oxygen atoms in total. The lowest BCUT2D eigenvalue weighted by Crippen LogP contribution is -2.41. The van der Waals surface area contributed by atoms with Crippen molar-refractivity contribution in [1.82, 2.24) is 15.5 Å². The number of nitrogens with zero attached hydrogens (tertiary/aromatic N) is 1. The fourth-order valence-corrected chi connectivity index (χ4v) is 2.57. The molecular formula is C18H16FN3O3. The summed E-state index contributed by atoms with van der Waals surface area (Å²) in [6.07, 6.45) is 0. The Labute approximate surface area is 143 Å². The number of nitrogens with one attached hydrogen (secondary N) is 2. The first-order chi connectivity index (χ1) is 12.1. The predicted molar refractivity (Wildman–Crippen MR) is 88.4 cm³/mol. The average Bonchev–Trinajstić information content (AvgIpc) is 2.86. The number of carbonyl (C=O) groups is 3. The van der Waals surface area contributed by atoms with Crippen molar-refractivity contribution < 1.29 is 18.8 Å². The van der Waals surface area contributed by atoms with Crippen molar-refractivity contribution in [2.45, 2.75) is 6.54 Å². The maximum atomic E-state index is 12.8. The van der Waals surface area contributed by atoms with Crippen LogP contribution in [-0.4, -0.2) is 35.8 Å². The van der Waals surface area contributed by atoms with Gasteiger partial charge >= 0.3 is 6.03 Å². The van der Waals surface area contributed by atoms with Crippen LogP contribution in [0.5, 0.6) is 0 Å². The highest BCUT2D eigenvalue weighted by molar-refractivity contribution is 6.21. The molecule has 25 heavy (non-hydrogen) atoms. The molecule has 0 saturated heterocycles. The smallest absolute Gasteiger partial charge is 0.315 e. The molecule has 1 heterocycles. The first-order valence-electron chi connectivity index (χ1n) is 7.77. The highest BCUT2D eigenvalue weighted by Crippen LogP contribution is 2.21. The summed E-state index contributed by atoms with van der Waals surface area (Å²) in [6.45, 7) is 0.482. The van der Waals surface area contributed by atoms with Gasteiger partial charge in [-0.15, -0.1) is 0 Å². The van der Waals surface area contributed by atoms with E-state index in [1.165, 1.54) is 12.1 Å². The highest BCUT2D eigenvalue weighted by atomic mass is 19.1. The molecule has 3 rings (SSSR count). The molecule has 2 N–H and O–H groups in total. The molecule has 1 aliphatic rings. The van der Waals surface area contributed by atoms with E-state index in [9.17, 15) is 18.8 Å². The molecule has 2 aromatic carbocycles. The van der Waals surface area contributed by atoms with Crippen LogP contribution in [0.25, 0.3) is 0 Å². The number of halogens is 1. The van der Waals surface area contributed by atoms with Crippen molar-refractivity contribution in [2.75, 3.05) is 13.1 Å². The molecule has 0 spiro atoms. The van der Waals surface area contributed by atoms with Gasteiger partial charge in [0.1, 0.15) is 5.82 Å². The molecule has 0 atom stereocenters. The van der Waals surface area contributed by atoms with E-state index in [1.807, 2.05) is 0 Å². The molecule has 0 radical (unpaired) electrons. The van der Waals surface area contributed by atoms with Crippen LogP contribution in [0.3, 0.4) is 0 Å². The van der Waals surface area contributed by atoms with E-state index in [0.29, 0.717) is 11.1 Å². The van der Waals surface area contributed by atoms with Gasteiger partial charge in [0.25, 0.3) is 11.8 Å². The van der Waals surface area contributed by atoms with Crippen LogP contribution < -0.4 is 10.6 Å². The first kappa shape index (κ1) is 16.6. The zero-order chi connectivity index (χ0) is 17.8. The molecular weight excluding hydrogens is 325 g/mol. The SMILES string of the molecule is O=C(NCCN1C(=O)c2ccccc2C1=O)NCc1ccc(F)cc1. The number of hydrogen-bond acceptors (Lipinski definition) is 3. The minimum atomic E-state index is -0.430. The van der Waals surface area contributed by atoms with E-state index in [0.717, 1.165) is 10.5 Å². The van der Waals surface area contributed by atoms with Crippen molar-refractivity contribution in [3.05, 3.63) is 71.0 Å². The lowest BCUT2D eigenvalue weighted by Gasteiger charge is -2.14. The van der Waals surface area contributed by atoms with Gasteiger partial charge in [-0.1, -0.05) is 24.3 Å². The average molecular weight is 341 g/mol. The Balaban J connectivity index is 1.45. The molecule has 0 aromatic heterocycles. The van der Waals surface area contributed by atoms with Crippen LogP contribution in [0, 0.1) is 5.82 Å². The fourth-order valence-electron chi connectivity index (χ4n) is 2.57. The number of imide groups is 1. The van der Waals surface area contributed by atoms with Crippen molar-refractivity contribution in [2.24, 2.45) is 0 Å². The Kier molecular flexibility index (Phi) is 4.74. The second-order valence-corrected chi connectivity index (χ2v) is 5.54. The second kappa shape index (κ2) is 7.12. The summed E-state index contributed by atoms with van der Waals surface area (Å²) in [7, 11) is 0. The molecule has 1 aliphatic heterocycles. The quantitative estimate of drug-likeness (QED) is 0.816. The molecule has 0 aliphatic carbocycles. The van der Waals surface area contributed by atoms with Crippen molar-refractivity contribution in [3.8, 4) is 0 Å². The minimum absolute atomic E-state index is 0.0936. The monoisotopic (exact) mass is 341 g/mol. The van der Waals surface area contributed by atoms with Gasteiger partial charge in [0.05, 0.1) is 11.1 Å². The van der Waals surface area contributed by atoms with E-state index in [-0.39, 0.29) is 37.3 Å². The van der Waals surface area contributed by atoms with Crippen LogP contribution in [0.15, 0.2) is 48.5 Å². The van der Waals surface area contributed by atoms with Gasteiger partial charge in [-0.3, -0.25) is 14.5 Å². The van der Waals surface area contributed by atoms with E-state index in [1.54, 1.807) is 36.4 Å². The maximum absolute atomic E-state index is 12.8. The topological polar surface area (TPSA) is 78.5 Å². The van der Waals surface area contributed by atoms with E-state index in [2.05, 4.69) is 10.6 Å². The highest BCUT2D eigenvalue weighted by Gasteiger charge is 2.34. The summed E-state index contributed by atoms with van der Waals surface area (Å²) < 4.78 is 12.8. The van der Waals surface area contributed by atoms with Crippen LogP contribution in [-0.2, 0) is 6.54 Å². The molecule has 4 amide bonds. The van der Waals surface area contributed by atoms with Crippen molar-refractivity contribution in [3.63, 3.8) is 0 Å². The zero-order valence-electron chi connectivity index (χ0n) is 13.3. The number of fused-ring (bicyclic) bond motifs is 1. The standard InChI is InChI=1S/C18H16FN3O3/c19-13-7-5-12(6-8-13)11-21-18(25)20-9-10-22-16(23)14-3-1-2-4-15(14)17(22)24/h1-8H,9-11H2,(H2,20,21,25). The van der Waals surface area contributed by atoms with Gasteiger partial charge in [-0.25, -0.2) is 9.18 Å². The van der Waals surface area contributed by atoms with Crippen LogP contribution >= 0.6 is 0 Å². The molecule has 7 heteroatoms. The van der Waals surface area contributed by atoms with Crippen LogP contribution in [0.1, 0.15) is 26.3 Å². The second-order valence-electron chi connectivity index (χ2n) is 5.54. The van der Waals surface area contributed by atoms with Gasteiger partial charge in [-0.05, 0) is 29.8 Å². The Morgan fingerprint density at radius 2 is 1.52 bits per heavy atom. The summed E-state index contributed by atoms with van der Waals surface area (Å²) in [6, 6.07) is 12.0.